The summed E-state index contributed by atoms with van der Waals surface area (Å²) < 4.78 is 5.85. The van der Waals surface area contributed by atoms with E-state index < -0.39 is 17.3 Å². The number of carboxylic acid groups (broad SMARTS) is 1. The largest absolute Gasteiger partial charge is 0.481 e. The van der Waals surface area contributed by atoms with Crippen LogP contribution in [0.3, 0.4) is 0 Å². The predicted octanol–water partition coefficient (Wildman–Crippen LogP) is 6.36. The molecule has 0 bridgehead atoms. The van der Waals surface area contributed by atoms with Gasteiger partial charge in [0.2, 0.25) is 0 Å². The van der Waals surface area contributed by atoms with Gasteiger partial charge in [-0.2, -0.15) is 0 Å². The minimum Gasteiger partial charge on any atom is -0.481 e. The van der Waals surface area contributed by atoms with Gasteiger partial charge in [-0.3, -0.25) is 9.59 Å². The normalized spacial score (nSPS) is 15.5. The van der Waals surface area contributed by atoms with Crippen LogP contribution in [0.1, 0.15) is 48.2 Å². The van der Waals surface area contributed by atoms with E-state index >= 15 is 0 Å². The third-order valence-electron chi connectivity index (χ3n) is 6.19. The van der Waals surface area contributed by atoms with E-state index in [9.17, 15) is 14.7 Å². The van der Waals surface area contributed by atoms with E-state index in [1.54, 1.807) is 55.3 Å². The number of benzene rings is 3. The number of amides is 1. The fourth-order valence-electron chi connectivity index (χ4n) is 3.87. The van der Waals surface area contributed by atoms with Crippen LogP contribution in [0.25, 0.3) is 0 Å². The second-order valence-electron chi connectivity index (χ2n) is 9.19. The fraction of sp³-hybridized carbons (Fsp3) is 0.259. The molecular formula is C27H26Cl2N2O5. The lowest BCUT2D eigenvalue weighted by Gasteiger charge is -2.31. The van der Waals surface area contributed by atoms with E-state index in [0.29, 0.717) is 29.5 Å². The molecule has 3 aromatic rings. The minimum atomic E-state index is -1.15. The topological polar surface area (TPSA) is 88.1 Å². The van der Waals surface area contributed by atoms with E-state index in [1.807, 2.05) is 18.2 Å². The summed E-state index contributed by atoms with van der Waals surface area (Å²) in [6.07, 6.45) is 0. The smallest absolute Gasteiger partial charge is 0.313 e. The molecule has 1 aliphatic heterocycles. The molecule has 0 spiro atoms. The van der Waals surface area contributed by atoms with Gasteiger partial charge in [0.05, 0.1) is 26.7 Å². The Morgan fingerprint density at radius 1 is 1.11 bits per heavy atom. The SMILES string of the molecule is CC1CN(COc2ccc(C(=O)Nc3cc(C(C)(C)C(=O)O)ccc3Cl)c(Cl)c2)Oc2ccccc21. The van der Waals surface area contributed by atoms with Crippen LogP contribution in [0.15, 0.2) is 60.7 Å². The Kier molecular flexibility index (Phi) is 7.45. The number of halogens is 2. The molecule has 7 nitrogen and oxygen atoms in total. The average Bonchev–Trinajstić information content (AvgIpc) is 2.84. The van der Waals surface area contributed by atoms with E-state index in [2.05, 4.69) is 18.3 Å². The summed E-state index contributed by atoms with van der Waals surface area (Å²) in [7, 11) is 0. The zero-order chi connectivity index (χ0) is 26.0. The maximum absolute atomic E-state index is 12.9. The Hall–Kier alpha value is -3.26. The van der Waals surface area contributed by atoms with Gasteiger partial charge in [0.1, 0.15) is 5.75 Å². The molecule has 0 fully saturated rings. The van der Waals surface area contributed by atoms with Crippen molar-refractivity contribution in [1.82, 2.24) is 5.06 Å². The first-order valence-electron chi connectivity index (χ1n) is 11.3. The number of aliphatic carboxylic acids is 1. The minimum absolute atomic E-state index is 0.183. The number of nitrogens with one attached hydrogen (secondary N) is 1. The number of para-hydroxylation sites is 1. The van der Waals surface area contributed by atoms with Crippen LogP contribution in [-0.4, -0.2) is 35.3 Å². The van der Waals surface area contributed by atoms with E-state index in [0.717, 1.165) is 11.3 Å². The molecule has 0 aliphatic carbocycles. The molecule has 0 radical (unpaired) electrons. The number of rotatable bonds is 7. The van der Waals surface area contributed by atoms with Crippen LogP contribution in [0.4, 0.5) is 5.69 Å². The van der Waals surface area contributed by atoms with Crippen LogP contribution < -0.4 is 14.9 Å². The number of fused-ring (bicyclic) bond motifs is 1. The molecule has 188 valence electrons. The predicted molar refractivity (Wildman–Crippen MR) is 139 cm³/mol. The van der Waals surface area contributed by atoms with Crippen molar-refractivity contribution < 1.29 is 24.3 Å². The molecule has 3 aromatic carbocycles. The van der Waals surface area contributed by atoms with Gasteiger partial charge in [-0.25, -0.2) is 0 Å². The summed E-state index contributed by atoms with van der Waals surface area (Å²) in [4.78, 5) is 30.4. The molecule has 0 saturated heterocycles. The Bertz CT molecular complexity index is 1310. The van der Waals surface area contributed by atoms with Gasteiger partial charge in [0.15, 0.2) is 12.5 Å². The highest BCUT2D eigenvalue weighted by atomic mass is 35.5. The fourth-order valence-corrected chi connectivity index (χ4v) is 4.29. The lowest BCUT2D eigenvalue weighted by molar-refractivity contribution is -0.142. The Balaban J connectivity index is 1.43. The van der Waals surface area contributed by atoms with Crippen molar-refractivity contribution in [2.45, 2.75) is 32.1 Å². The number of nitrogens with zero attached hydrogens (tertiary/aromatic N) is 1. The first-order chi connectivity index (χ1) is 17.1. The van der Waals surface area contributed by atoms with Crippen molar-refractivity contribution in [2.75, 3.05) is 18.6 Å². The molecule has 1 amide bonds. The van der Waals surface area contributed by atoms with Crippen molar-refractivity contribution >= 4 is 40.8 Å². The van der Waals surface area contributed by atoms with Gasteiger partial charge in [-0.05, 0) is 55.8 Å². The maximum Gasteiger partial charge on any atom is 0.313 e. The molecule has 2 N–H and O–H groups in total. The van der Waals surface area contributed by atoms with E-state index in [1.165, 1.54) is 0 Å². The number of hydroxylamine groups is 2. The van der Waals surface area contributed by atoms with E-state index in [-0.39, 0.29) is 22.3 Å². The number of hydrogen-bond donors (Lipinski definition) is 2. The number of ether oxygens (including phenoxy) is 1. The summed E-state index contributed by atoms with van der Waals surface area (Å²) >= 11 is 12.6. The number of carbonyl (C=O) groups is 2. The first-order valence-corrected chi connectivity index (χ1v) is 12.1. The summed E-state index contributed by atoms with van der Waals surface area (Å²) in [6, 6.07) is 17.4. The maximum atomic E-state index is 12.9. The summed E-state index contributed by atoms with van der Waals surface area (Å²) in [5.41, 5.74) is 1.02. The van der Waals surface area contributed by atoms with Crippen LogP contribution in [0.2, 0.25) is 10.0 Å². The molecule has 9 heteroatoms. The van der Waals surface area contributed by atoms with Gasteiger partial charge in [-0.1, -0.05) is 54.4 Å². The quantitative estimate of drug-likeness (QED) is 0.371. The lowest BCUT2D eigenvalue weighted by Crippen LogP contribution is -2.38. The molecule has 0 saturated carbocycles. The molecule has 36 heavy (non-hydrogen) atoms. The summed E-state index contributed by atoms with van der Waals surface area (Å²) in [5, 5.41) is 14.4. The summed E-state index contributed by atoms with van der Waals surface area (Å²) in [5.74, 6) is 0.103. The summed E-state index contributed by atoms with van der Waals surface area (Å²) in [6.45, 7) is 6.14. The molecule has 1 atom stereocenters. The van der Waals surface area contributed by atoms with Gasteiger partial charge in [0.25, 0.3) is 5.91 Å². The zero-order valence-electron chi connectivity index (χ0n) is 20.0. The number of carbonyl (C=O) groups excluding carboxylic acids is 1. The molecule has 4 rings (SSSR count). The molecular weight excluding hydrogens is 503 g/mol. The second kappa shape index (κ2) is 10.4. The highest BCUT2D eigenvalue weighted by molar-refractivity contribution is 6.36. The van der Waals surface area contributed by atoms with Crippen molar-refractivity contribution in [3.8, 4) is 11.5 Å². The van der Waals surface area contributed by atoms with Crippen molar-refractivity contribution in [3.63, 3.8) is 0 Å². The first kappa shape index (κ1) is 25.8. The Morgan fingerprint density at radius 3 is 2.58 bits per heavy atom. The highest BCUT2D eigenvalue weighted by Gasteiger charge is 2.30. The van der Waals surface area contributed by atoms with Gasteiger partial charge >= 0.3 is 5.97 Å². The van der Waals surface area contributed by atoms with Gasteiger partial charge in [0, 0.05) is 18.0 Å². The van der Waals surface area contributed by atoms with Crippen molar-refractivity contribution in [2.24, 2.45) is 0 Å². The van der Waals surface area contributed by atoms with Crippen LogP contribution in [-0.2, 0) is 10.2 Å². The Labute approximate surface area is 219 Å². The standard InChI is InChI=1S/C27H26Cl2N2O5/c1-16-14-31(36-24-7-5-4-6-19(16)24)15-35-18-9-10-20(22(29)13-18)25(32)30-23-12-17(8-11-21(23)28)27(2,3)26(33)34/h4-13,16H,14-15H2,1-3H3,(H,30,32)(H,33,34). The molecule has 1 heterocycles. The molecule has 0 aromatic heterocycles. The highest BCUT2D eigenvalue weighted by Crippen LogP contribution is 2.33. The zero-order valence-corrected chi connectivity index (χ0v) is 21.6. The van der Waals surface area contributed by atoms with Crippen molar-refractivity contribution in [3.05, 3.63) is 87.4 Å². The number of carboxylic acids is 1. The monoisotopic (exact) mass is 528 g/mol. The third kappa shape index (κ3) is 5.43. The lowest BCUT2D eigenvalue weighted by atomic mass is 9.84. The van der Waals surface area contributed by atoms with Crippen LogP contribution in [0, 0.1) is 0 Å². The second-order valence-corrected chi connectivity index (χ2v) is 10.0. The van der Waals surface area contributed by atoms with Crippen LogP contribution in [0.5, 0.6) is 11.5 Å². The van der Waals surface area contributed by atoms with Gasteiger partial charge in [-0.15, -0.1) is 5.06 Å². The van der Waals surface area contributed by atoms with Crippen molar-refractivity contribution in [1.29, 1.82) is 0 Å². The van der Waals surface area contributed by atoms with E-state index in [4.69, 9.17) is 32.8 Å². The average molecular weight is 529 g/mol. The molecule has 1 aliphatic rings. The number of hydrogen-bond acceptors (Lipinski definition) is 5. The van der Waals surface area contributed by atoms with Crippen LogP contribution >= 0.6 is 23.2 Å². The molecule has 1 unspecified atom stereocenters. The van der Waals surface area contributed by atoms with Gasteiger partial charge < -0.3 is 20.0 Å². The Morgan fingerprint density at radius 2 is 1.86 bits per heavy atom. The number of anilines is 1. The third-order valence-corrected chi connectivity index (χ3v) is 6.83.